The quantitative estimate of drug-likeness (QED) is 0.186. The standard InChI is InChI=1S/C22H13F7IN3O3/c1-9-7-10(5-6-14(9)32-17(34)11-3-2-4-13(30)15(11)18(32)35)8-12-16(22(27,28)29)31-33(20(23)24)19(12)36-21(25)26/h2-7,20-21H,8H2,1H3. The molecule has 0 bridgehead atoms. The number of hydrogen-bond acceptors (Lipinski definition) is 4. The van der Waals surface area contributed by atoms with Crippen LogP contribution in [0.2, 0.25) is 0 Å². The summed E-state index contributed by atoms with van der Waals surface area (Å²) in [6, 6.07) is 8.63. The second kappa shape index (κ2) is 9.37. The van der Waals surface area contributed by atoms with Crippen LogP contribution in [0.25, 0.3) is 0 Å². The van der Waals surface area contributed by atoms with E-state index in [1.807, 2.05) is 22.6 Å². The molecule has 0 unspecified atom stereocenters. The largest absolute Gasteiger partial charge is 0.435 e. The SMILES string of the molecule is Cc1cc(Cc2c(C(F)(F)F)nn(C(F)F)c2OC(F)F)ccc1N1C(=O)c2cccc(I)c2C1=O. The highest BCUT2D eigenvalue weighted by molar-refractivity contribution is 14.1. The second-order valence-corrected chi connectivity index (χ2v) is 8.80. The highest BCUT2D eigenvalue weighted by atomic mass is 127. The molecule has 0 spiro atoms. The zero-order valence-corrected chi connectivity index (χ0v) is 20.1. The first kappa shape index (κ1) is 25.9. The number of nitrogens with zero attached hydrogens (tertiary/aromatic N) is 3. The average Bonchev–Trinajstić information content (AvgIpc) is 3.24. The molecular weight excluding hydrogens is 614 g/mol. The molecule has 0 saturated heterocycles. The van der Waals surface area contributed by atoms with Crippen LogP contribution < -0.4 is 9.64 Å². The number of hydrogen-bond donors (Lipinski definition) is 0. The van der Waals surface area contributed by atoms with E-state index in [0.29, 0.717) is 9.13 Å². The Kier molecular flexibility index (Phi) is 6.74. The highest BCUT2D eigenvalue weighted by Gasteiger charge is 2.42. The van der Waals surface area contributed by atoms with Gasteiger partial charge in [-0.25, -0.2) is 4.90 Å². The maximum Gasteiger partial charge on any atom is 0.435 e. The molecule has 0 radical (unpaired) electrons. The Bertz CT molecular complexity index is 1370. The molecule has 1 aliphatic heterocycles. The van der Waals surface area contributed by atoms with Crippen LogP contribution in [0.3, 0.4) is 0 Å². The van der Waals surface area contributed by atoms with E-state index in [1.54, 1.807) is 12.1 Å². The summed E-state index contributed by atoms with van der Waals surface area (Å²) in [7, 11) is 0. The number of imide groups is 1. The van der Waals surface area contributed by atoms with E-state index in [2.05, 4.69) is 9.84 Å². The van der Waals surface area contributed by atoms with E-state index >= 15 is 0 Å². The number of ether oxygens (including phenoxy) is 1. The van der Waals surface area contributed by atoms with Crippen molar-refractivity contribution in [2.45, 2.75) is 32.7 Å². The van der Waals surface area contributed by atoms with Crippen LogP contribution in [0.5, 0.6) is 5.88 Å². The van der Waals surface area contributed by atoms with E-state index in [-0.39, 0.29) is 22.4 Å². The zero-order chi connectivity index (χ0) is 26.5. The molecule has 0 atom stereocenters. The van der Waals surface area contributed by atoms with Gasteiger partial charge in [0.15, 0.2) is 5.69 Å². The predicted molar refractivity (Wildman–Crippen MR) is 119 cm³/mol. The number of rotatable bonds is 6. The second-order valence-electron chi connectivity index (χ2n) is 7.64. The minimum Gasteiger partial charge on any atom is -0.417 e. The van der Waals surface area contributed by atoms with E-state index in [0.717, 1.165) is 4.90 Å². The van der Waals surface area contributed by atoms with Crippen molar-refractivity contribution in [2.24, 2.45) is 0 Å². The Labute approximate surface area is 211 Å². The predicted octanol–water partition coefficient (Wildman–Crippen LogP) is 6.20. The smallest absolute Gasteiger partial charge is 0.417 e. The van der Waals surface area contributed by atoms with Gasteiger partial charge in [-0.2, -0.15) is 40.5 Å². The fraction of sp³-hybridized carbons (Fsp3) is 0.227. The molecule has 14 heteroatoms. The molecule has 2 amide bonds. The van der Waals surface area contributed by atoms with Gasteiger partial charge in [-0.3, -0.25) is 9.59 Å². The number of alkyl halides is 7. The molecule has 6 nitrogen and oxygen atoms in total. The number of aryl methyl sites for hydroxylation is 1. The van der Waals surface area contributed by atoms with Gasteiger partial charge in [0.2, 0.25) is 5.88 Å². The molecule has 4 rings (SSSR count). The number of carbonyl (C=O) groups excluding carboxylic acids is 2. The van der Waals surface area contributed by atoms with Gasteiger partial charge in [0.25, 0.3) is 11.8 Å². The maximum atomic E-state index is 13.5. The lowest BCUT2D eigenvalue weighted by molar-refractivity contribution is -0.142. The van der Waals surface area contributed by atoms with Crippen molar-refractivity contribution in [3.8, 4) is 5.88 Å². The van der Waals surface area contributed by atoms with Crippen molar-refractivity contribution in [3.63, 3.8) is 0 Å². The molecule has 0 N–H and O–H groups in total. The van der Waals surface area contributed by atoms with Gasteiger partial charge in [-0.15, -0.1) is 0 Å². The normalized spacial score (nSPS) is 13.8. The van der Waals surface area contributed by atoms with Gasteiger partial charge in [-0.1, -0.05) is 18.2 Å². The molecule has 1 aromatic heterocycles. The fourth-order valence-electron chi connectivity index (χ4n) is 3.93. The molecule has 2 aromatic carbocycles. The summed E-state index contributed by atoms with van der Waals surface area (Å²) in [6.45, 7) is -5.87. The number of halogens is 8. The lowest BCUT2D eigenvalue weighted by Crippen LogP contribution is -2.30. The van der Waals surface area contributed by atoms with Crippen molar-refractivity contribution in [2.75, 3.05) is 4.90 Å². The van der Waals surface area contributed by atoms with Crippen molar-refractivity contribution < 1.29 is 45.1 Å². The van der Waals surface area contributed by atoms with Gasteiger partial charge in [-0.05, 0) is 58.8 Å². The Balaban J connectivity index is 1.74. The van der Waals surface area contributed by atoms with Gasteiger partial charge in [0, 0.05) is 9.99 Å². The number of carbonyl (C=O) groups is 2. The molecule has 36 heavy (non-hydrogen) atoms. The summed E-state index contributed by atoms with van der Waals surface area (Å²) >= 11 is 1.92. The van der Waals surface area contributed by atoms with Gasteiger partial charge in [0.1, 0.15) is 0 Å². The molecule has 0 aliphatic carbocycles. The number of anilines is 1. The number of benzene rings is 2. The first-order valence-corrected chi connectivity index (χ1v) is 11.1. The molecular formula is C22H13F7IN3O3. The Morgan fingerprint density at radius 3 is 2.31 bits per heavy atom. The minimum atomic E-state index is -5.23. The molecule has 2 heterocycles. The van der Waals surface area contributed by atoms with Gasteiger partial charge < -0.3 is 4.74 Å². The molecule has 190 valence electrons. The summed E-state index contributed by atoms with van der Waals surface area (Å²) in [6.07, 6.45) is -5.98. The summed E-state index contributed by atoms with van der Waals surface area (Å²) < 4.78 is 96.6. The summed E-state index contributed by atoms with van der Waals surface area (Å²) in [5.41, 5.74) is -1.86. The number of fused-ring (bicyclic) bond motifs is 1. The summed E-state index contributed by atoms with van der Waals surface area (Å²) in [5.74, 6) is -2.58. The molecule has 3 aromatic rings. The lowest BCUT2D eigenvalue weighted by atomic mass is 10.0. The molecule has 0 fully saturated rings. The summed E-state index contributed by atoms with van der Waals surface area (Å²) in [5, 5.41) is 2.77. The first-order chi connectivity index (χ1) is 16.8. The van der Waals surface area contributed by atoms with Crippen molar-refractivity contribution in [1.82, 2.24) is 9.78 Å². The van der Waals surface area contributed by atoms with Crippen LogP contribution in [0.4, 0.5) is 36.4 Å². The molecule has 0 saturated carbocycles. The van der Waals surface area contributed by atoms with E-state index < -0.39 is 59.4 Å². The van der Waals surface area contributed by atoms with Crippen LogP contribution >= 0.6 is 22.6 Å². The first-order valence-electron chi connectivity index (χ1n) is 9.99. The van der Waals surface area contributed by atoms with Crippen molar-refractivity contribution >= 4 is 40.1 Å². The average molecular weight is 627 g/mol. The lowest BCUT2D eigenvalue weighted by Gasteiger charge is -2.18. The topological polar surface area (TPSA) is 64.4 Å². The summed E-state index contributed by atoms with van der Waals surface area (Å²) in [4.78, 5) is 26.7. The Morgan fingerprint density at radius 1 is 1.06 bits per heavy atom. The third-order valence-electron chi connectivity index (χ3n) is 5.36. The fourth-order valence-corrected chi connectivity index (χ4v) is 4.66. The van der Waals surface area contributed by atoms with Crippen LogP contribution in [0.15, 0.2) is 36.4 Å². The van der Waals surface area contributed by atoms with Crippen molar-refractivity contribution in [3.05, 3.63) is 73.5 Å². The van der Waals surface area contributed by atoms with Gasteiger partial charge >= 0.3 is 19.3 Å². The minimum absolute atomic E-state index is 0.0841. The van der Waals surface area contributed by atoms with Crippen LogP contribution in [-0.4, -0.2) is 28.2 Å². The third kappa shape index (κ3) is 4.53. The van der Waals surface area contributed by atoms with Gasteiger partial charge in [0.05, 0.1) is 22.4 Å². The van der Waals surface area contributed by atoms with Crippen LogP contribution in [0.1, 0.15) is 49.6 Å². The number of aromatic nitrogens is 2. The van der Waals surface area contributed by atoms with E-state index in [9.17, 15) is 40.3 Å². The molecule has 1 aliphatic rings. The Hall–Kier alpha value is -3.17. The number of amides is 2. The third-order valence-corrected chi connectivity index (χ3v) is 6.26. The monoisotopic (exact) mass is 627 g/mol. The Morgan fingerprint density at radius 2 is 1.75 bits per heavy atom. The van der Waals surface area contributed by atoms with Crippen molar-refractivity contribution in [1.29, 1.82) is 0 Å². The maximum absolute atomic E-state index is 13.5. The zero-order valence-electron chi connectivity index (χ0n) is 17.9. The van der Waals surface area contributed by atoms with Crippen LogP contribution in [-0.2, 0) is 12.6 Å². The van der Waals surface area contributed by atoms with Crippen LogP contribution in [0, 0.1) is 10.5 Å². The highest BCUT2D eigenvalue weighted by Crippen LogP contribution is 2.40. The van der Waals surface area contributed by atoms with E-state index in [4.69, 9.17) is 0 Å². The van der Waals surface area contributed by atoms with E-state index in [1.165, 1.54) is 31.2 Å².